The van der Waals surface area contributed by atoms with E-state index in [2.05, 4.69) is 5.32 Å². The highest BCUT2D eigenvalue weighted by Crippen LogP contribution is 2.35. The highest BCUT2D eigenvalue weighted by molar-refractivity contribution is 5.99. The number of hydrogen-bond acceptors (Lipinski definition) is 3. The summed E-state index contributed by atoms with van der Waals surface area (Å²) in [6.45, 7) is 1.70. The van der Waals surface area contributed by atoms with Gasteiger partial charge in [0.25, 0.3) is 0 Å². The molecule has 19 heavy (non-hydrogen) atoms. The minimum Gasteiger partial charge on any atom is -0.497 e. The maximum atomic E-state index is 11.6. The summed E-state index contributed by atoms with van der Waals surface area (Å²) in [5.41, 5.74) is 0.247. The highest BCUT2D eigenvalue weighted by atomic mass is 16.5. The number of carbonyl (C=O) groups is 2. The molecule has 1 saturated heterocycles. The fourth-order valence-electron chi connectivity index (χ4n) is 2.30. The van der Waals surface area contributed by atoms with Crippen LogP contribution in [0.25, 0.3) is 0 Å². The van der Waals surface area contributed by atoms with E-state index in [0.717, 1.165) is 11.3 Å². The zero-order valence-electron chi connectivity index (χ0n) is 11.0. The first kappa shape index (κ1) is 13.4. The first-order chi connectivity index (χ1) is 8.97. The number of ether oxygens (including phenoxy) is 1. The zero-order chi connectivity index (χ0) is 14.0. The van der Waals surface area contributed by atoms with Crippen LogP contribution in [0.3, 0.4) is 0 Å². The molecule has 0 aliphatic carbocycles. The van der Waals surface area contributed by atoms with Crippen molar-refractivity contribution in [3.05, 3.63) is 29.8 Å². The Bertz CT molecular complexity index is 497. The van der Waals surface area contributed by atoms with Crippen molar-refractivity contribution in [1.29, 1.82) is 0 Å². The van der Waals surface area contributed by atoms with Gasteiger partial charge in [0, 0.05) is 0 Å². The van der Waals surface area contributed by atoms with Gasteiger partial charge in [-0.1, -0.05) is 12.1 Å². The second-order valence-electron chi connectivity index (χ2n) is 5.01. The lowest BCUT2D eigenvalue weighted by atomic mass is 9.70. The van der Waals surface area contributed by atoms with Gasteiger partial charge in [-0.15, -0.1) is 0 Å². The predicted molar refractivity (Wildman–Crippen MR) is 69.0 cm³/mol. The summed E-state index contributed by atoms with van der Waals surface area (Å²) in [5.74, 6) is -0.384. The molecule has 0 saturated carbocycles. The molecule has 1 heterocycles. The average molecular weight is 263 g/mol. The second kappa shape index (κ2) is 4.91. The fourth-order valence-corrected chi connectivity index (χ4v) is 2.30. The van der Waals surface area contributed by atoms with Crippen molar-refractivity contribution >= 4 is 11.9 Å². The smallest absolute Gasteiger partial charge is 0.327 e. The van der Waals surface area contributed by atoms with Gasteiger partial charge in [0.05, 0.1) is 12.5 Å². The van der Waals surface area contributed by atoms with Crippen LogP contribution in [0.5, 0.6) is 5.75 Å². The number of amides is 1. The Hall–Kier alpha value is -2.04. The number of rotatable bonds is 5. The van der Waals surface area contributed by atoms with Crippen LogP contribution in [0.2, 0.25) is 0 Å². The molecular weight excluding hydrogens is 246 g/mol. The van der Waals surface area contributed by atoms with E-state index in [0.29, 0.717) is 12.8 Å². The van der Waals surface area contributed by atoms with Crippen LogP contribution in [0.1, 0.15) is 18.9 Å². The summed E-state index contributed by atoms with van der Waals surface area (Å²) in [7, 11) is 1.60. The van der Waals surface area contributed by atoms with Gasteiger partial charge in [-0.25, -0.2) is 4.79 Å². The molecule has 1 aliphatic heterocycles. The van der Waals surface area contributed by atoms with Crippen LogP contribution in [0, 0.1) is 5.41 Å². The standard InChI is InChI=1S/C14H17NO4/c1-14(11(12(16)17)15-13(14)18)8-7-9-3-5-10(19-2)6-4-9/h3-6,11H,7-8H2,1-2H3,(H,15,18)(H,16,17)/t11-,14-/m1/s1. The van der Waals surface area contributed by atoms with Crippen LogP contribution >= 0.6 is 0 Å². The van der Waals surface area contributed by atoms with Gasteiger partial charge in [0.1, 0.15) is 11.8 Å². The van der Waals surface area contributed by atoms with Crippen LogP contribution in [0.4, 0.5) is 0 Å². The van der Waals surface area contributed by atoms with Crippen molar-refractivity contribution < 1.29 is 19.4 Å². The van der Waals surface area contributed by atoms with Crippen LogP contribution in [-0.4, -0.2) is 30.1 Å². The van der Waals surface area contributed by atoms with Crippen molar-refractivity contribution in [2.75, 3.05) is 7.11 Å². The molecule has 2 N–H and O–H groups in total. The minimum atomic E-state index is -0.975. The maximum Gasteiger partial charge on any atom is 0.327 e. The van der Waals surface area contributed by atoms with Crippen LogP contribution in [0.15, 0.2) is 24.3 Å². The predicted octanol–water partition coefficient (Wildman–Crippen LogP) is 1.22. The Morgan fingerprint density at radius 3 is 2.53 bits per heavy atom. The normalized spacial score (nSPS) is 25.4. The lowest BCUT2D eigenvalue weighted by Crippen LogP contribution is -2.69. The molecule has 1 fully saturated rings. The zero-order valence-corrected chi connectivity index (χ0v) is 11.0. The largest absolute Gasteiger partial charge is 0.497 e. The van der Waals surface area contributed by atoms with Gasteiger partial charge >= 0.3 is 5.97 Å². The van der Waals surface area contributed by atoms with Gasteiger partial charge in [-0.2, -0.15) is 0 Å². The number of carbonyl (C=O) groups excluding carboxylic acids is 1. The number of carboxylic acid groups (broad SMARTS) is 1. The van der Waals surface area contributed by atoms with Crippen molar-refractivity contribution in [1.82, 2.24) is 5.32 Å². The molecular formula is C14H17NO4. The van der Waals surface area contributed by atoms with E-state index in [1.54, 1.807) is 14.0 Å². The SMILES string of the molecule is COc1ccc(CC[C@@]2(C)C(=O)N[C@@H]2C(=O)O)cc1. The summed E-state index contributed by atoms with van der Waals surface area (Å²) >= 11 is 0. The topological polar surface area (TPSA) is 75.6 Å². The van der Waals surface area contributed by atoms with E-state index in [4.69, 9.17) is 9.84 Å². The molecule has 5 nitrogen and oxygen atoms in total. The lowest BCUT2D eigenvalue weighted by molar-refractivity contribution is -0.161. The van der Waals surface area contributed by atoms with Crippen molar-refractivity contribution in [3.8, 4) is 5.75 Å². The number of methoxy groups -OCH3 is 1. The van der Waals surface area contributed by atoms with Crippen molar-refractivity contribution in [2.24, 2.45) is 5.41 Å². The molecule has 0 bridgehead atoms. The highest BCUT2D eigenvalue weighted by Gasteiger charge is 2.54. The minimum absolute atomic E-state index is 0.187. The van der Waals surface area contributed by atoms with E-state index < -0.39 is 17.4 Å². The van der Waals surface area contributed by atoms with Crippen molar-refractivity contribution in [3.63, 3.8) is 0 Å². The summed E-state index contributed by atoms with van der Waals surface area (Å²) in [6.07, 6.45) is 1.18. The third-order valence-electron chi connectivity index (χ3n) is 3.77. The number of aliphatic carboxylic acids is 1. The number of benzene rings is 1. The van der Waals surface area contributed by atoms with Gasteiger partial charge in [0.2, 0.25) is 5.91 Å². The molecule has 2 atom stereocenters. The van der Waals surface area contributed by atoms with E-state index in [9.17, 15) is 9.59 Å². The maximum absolute atomic E-state index is 11.6. The molecule has 5 heteroatoms. The first-order valence-corrected chi connectivity index (χ1v) is 6.14. The number of hydrogen-bond donors (Lipinski definition) is 2. The van der Waals surface area contributed by atoms with Gasteiger partial charge < -0.3 is 15.2 Å². The molecule has 1 amide bonds. The first-order valence-electron chi connectivity index (χ1n) is 6.14. The van der Waals surface area contributed by atoms with E-state index in [-0.39, 0.29) is 5.91 Å². The summed E-state index contributed by atoms with van der Waals surface area (Å²) in [6, 6.07) is 6.78. The Labute approximate surface area is 111 Å². The molecule has 1 aromatic rings. The molecule has 0 spiro atoms. The summed E-state index contributed by atoms with van der Waals surface area (Å²) < 4.78 is 5.07. The molecule has 0 radical (unpaired) electrons. The fraction of sp³-hybridized carbons (Fsp3) is 0.429. The van der Waals surface area contributed by atoms with Gasteiger partial charge in [0.15, 0.2) is 0 Å². The molecule has 1 aliphatic rings. The Morgan fingerprint density at radius 2 is 2.05 bits per heavy atom. The quantitative estimate of drug-likeness (QED) is 0.783. The third kappa shape index (κ3) is 2.41. The average Bonchev–Trinajstić information content (AvgIpc) is 2.42. The van der Waals surface area contributed by atoms with E-state index >= 15 is 0 Å². The number of carboxylic acids is 1. The number of nitrogens with one attached hydrogen (secondary N) is 1. The summed E-state index contributed by atoms with van der Waals surface area (Å²) in [5, 5.41) is 11.4. The van der Waals surface area contributed by atoms with Crippen LogP contribution < -0.4 is 10.1 Å². The van der Waals surface area contributed by atoms with Crippen LogP contribution in [-0.2, 0) is 16.0 Å². The molecule has 0 aromatic heterocycles. The molecule has 1 aromatic carbocycles. The number of aryl methyl sites for hydroxylation is 1. The van der Waals surface area contributed by atoms with Crippen molar-refractivity contribution in [2.45, 2.75) is 25.8 Å². The third-order valence-corrected chi connectivity index (χ3v) is 3.77. The van der Waals surface area contributed by atoms with E-state index in [1.807, 2.05) is 24.3 Å². The monoisotopic (exact) mass is 263 g/mol. The second-order valence-corrected chi connectivity index (χ2v) is 5.01. The lowest BCUT2D eigenvalue weighted by Gasteiger charge is -2.43. The van der Waals surface area contributed by atoms with Gasteiger partial charge in [-0.3, -0.25) is 4.79 Å². The Kier molecular flexibility index (Phi) is 3.46. The summed E-state index contributed by atoms with van der Waals surface area (Å²) in [4.78, 5) is 22.6. The molecule has 0 unspecified atom stereocenters. The molecule has 102 valence electrons. The molecule has 2 rings (SSSR count). The van der Waals surface area contributed by atoms with Gasteiger partial charge in [-0.05, 0) is 37.5 Å². The Morgan fingerprint density at radius 1 is 1.42 bits per heavy atom. The number of β-lactam (4-membered cyclic amide) rings is 1. The van der Waals surface area contributed by atoms with E-state index in [1.165, 1.54) is 0 Å². The Balaban J connectivity index is 2.00.